The van der Waals surface area contributed by atoms with Gasteiger partial charge >= 0.3 is 0 Å². The van der Waals surface area contributed by atoms with Crippen LogP contribution in [0, 0.1) is 5.92 Å². The number of amides is 1. The summed E-state index contributed by atoms with van der Waals surface area (Å²) in [5.74, 6) is 5.60. The largest absolute Gasteiger partial charge is 0.303 e. The van der Waals surface area contributed by atoms with Crippen molar-refractivity contribution in [3.63, 3.8) is 0 Å². The smallest absolute Gasteiger partial charge is 0.235 e. The Morgan fingerprint density at radius 3 is 2.50 bits per heavy atom. The average Bonchev–Trinajstić information content (AvgIpc) is 2.17. The first-order valence-corrected chi connectivity index (χ1v) is 5.20. The van der Waals surface area contributed by atoms with Gasteiger partial charge in [-0.25, -0.2) is 5.84 Å². The van der Waals surface area contributed by atoms with E-state index in [1.165, 1.54) is 6.42 Å². The molecule has 0 aliphatic heterocycles. The molecular formula is C10H23N3O. The van der Waals surface area contributed by atoms with E-state index in [4.69, 9.17) is 5.84 Å². The average molecular weight is 201 g/mol. The fourth-order valence-corrected chi connectivity index (χ4v) is 1.28. The summed E-state index contributed by atoms with van der Waals surface area (Å²) in [7, 11) is 2.04. The van der Waals surface area contributed by atoms with E-state index in [9.17, 15) is 4.79 Å². The molecule has 0 saturated heterocycles. The molecule has 1 amide bonds. The van der Waals surface area contributed by atoms with Crippen molar-refractivity contribution in [2.45, 2.75) is 39.7 Å². The van der Waals surface area contributed by atoms with E-state index in [-0.39, 0.29) is 11.9 Å². The van der Waals surface area contributed by atoms with Crippen LogP contribution in [0.3, 0.4) is 0 Å². The number of hydrogen-bond acceptors (Lipinski definition) is 3. The van der Waals surface area contributed by atoms with Crippen LogP contribution >= 0.6 is 0 Å². The van der Waals surface area contributed by atoms with Crippen LogP contribution in [0.5, 0.6) is 0 Å². The van der Waals surface area contributed by atoms with Crippen molar-refractivity contribution in [1.82, 2.24) is 10.3 Å². The molecule has 0 radical (unpaired) electrons. The van der Waals surface area contributed by atoms with E-state index < -0.39 is 0 Å². The van der Waals surface area contributed by atoms with Crippen LogP contribution in [-0.4, -0.2) is 30.4 Å². The second kappa shape index (κ2) is 6.79. The molecule has 0 aliphatic rings. The fraction of sp³-hybridized carbons (Fsp3) is 0.900. The fourth-order valence-electron chi connectivity index (χ4n) is 1.28. The molecule has 4 heteroatoms. The molecule has 3 N–H and O–H groups in total. The number of hydrogen-bond donors (Lipinski definition) is 2. The number of rotatable bonds is 6. The molecular weight excluding hydrogens is 178 g/mol. The zero-order valence-electron chi connectivity index (χ0n) is 9.71. The van der Waals surface area contributed by atoms with Gasteiger partial charge in [0.15, 0.2) is 0 Å². The Balaban J connectivity index is 3.86. The maximum atomic E-state index is 11.0. The minimum atomic E-state index is -0.103. The number of carbonyl (C=O) groups is 1. The normalized spacial score (nSPS) is 15.3. The van der Waals surface area contributed by atoms with E-state index in [1.807, 2.05) is 14.0 Å². The Morgan fingerprint density at radius 2 is 2.07 bits per heavy atom. The first-order chi connectivity index (χ1) is 6.51. The Bertz CT molecular complexity index is 173. The topological polar surface area (TPSA) is 58.4 Å². The Labute approximate surface area is 86.8 Å². The zero-order chi connectivity index (χ0) is 11.1. The predicted octanol–water partition coefficient (Wildman–Crippen LogP) is 0.733. The van der Waals surface area contributed by atoms with E-state index in [1.54, 1.807) is 0 Å². The lowest BCUT2D eigenvalue weighted by Gasteiger charge is -2.26. The molecule has 2 unspecified atom stereocenters. The third-order valence-electron chi connectivity index (χ3n) is 2.69. The van der Waals surface area contributed by atoms with Crippen molar-refractivity contribution in [2.75, 3.05) is 13.6 Å². The molecule has 0 heterocycles. The van der Waals surface area contributed by atoms with Gasteiger partial charge in [-0.05, 0) is 19.9 Å². The molecule has 84 valence electrons. The second-order valence-electron chi connectivity index (χ2n) is 4.07. The summed E-state index contributed by atoms with van der Waals surface area (Å²) >= 11 is 0. The third kappa shape index (κ3) is 5.19. The van der Waals surface area contributed by atoms with Crippen molar-refractivity contribution < 1.29 is 4.79 Å². The molecule has 0 bridgehead atoms. The van der Waals surface area contributed by atoms with Crippen LogP contribution in [-0.2, 0) is 4.79 Å². The van der Waals surface area contributed by atoms with Gasteiger partial charge in [0.25, 0.3) is 0 Å². The van der Waals surface area contributed by atoms with Gasteiger partial charge in [-0.1, -0.05) is 20.3 Å². The lowest BCUT2D eigenvalue weighted by atomic mass is 10.1. The van der Waals surface area contributed by atoms with Gasteiger partial charge in [-0.2, -0.15) is 0 Å². The number of nitrogens with two attached hydrogens (primary N) is 1. The molecule has 0 spiro atoms. The van der Waals surface area contributed by atoms with E-state index >= 15 is 0 Å². The number of hydrazine groups is 1. The van der Waals surface area contributed by atoms with Gasteiger partial charge in [-0.15, -0.1) is 0 Å². The van der Waals surface area contributed by atoms with Gasteiger partial charge in [0.1, 0.15) is 0 Å². The summed E-state index contributed by atoms with van der Waals surface area (Å²) in [6.07, 6.45) is 1.63. The third-order valence-corrected chi connectivity index (χ3v) is 2.69. The lowest BCUT2D eigenvalue weighted by Crippen LogP contribution is -2.39. The van der Waals surface area contributed by atoms with Crippen molar-refractivity contribution in [1.29, 1.82) is 0 Å². The highest BCUT2D eigenvalue weighted by Gasteiger charge is 2.14. The molecule has 2 atom stereocenters. The van der Waals surface area contributed by atoms with Gasteiger partial charge < -0.3 is 4.90 Å². The van der Waals surface area contributed by atoms with Crippen LogP contribution in [0.4, 0.5) is 0 Å². The van der Waals surface area contributed by atoms with E-state index in [2.05, 4.69) is 24.2 Å². The van der Waals surface area contributed by atoms with Gasteiger partial charge in [-0.3, -0.25) is 10.2 Å². The van der Waals surface area contributed by atoms with Gasteiger partial charge in [0.05, 0.1) is 0 Å². The maximum absolute atomic E-state index is 11.0. The van der Waals surface area contributed by atoms with Crippen molar-refractivity contribution in [3.05, 3.63) is 0 Å². The first-order valence-electron chi connectivity index (χ1n) is 5.20. The molecule has 0 aliphatic carbocycles. The molecule has 14 heavy (non-hydrogen) atoms. The van der Waals surface area contributed by atoms with E-state index in [0.29, 0.717) is 12.3 Å². The summed E-state index contributed by atoms with van der Waals surface area (Å²) < 4.78 is 0. The highest BCUT2D eigenvalue weighted by Crippen LogP contribution is 2.07. The Morgan fingerprint density at radius 1 is 1.50 bits per heavy atom. The Kier molecular flexibility index (Phi) is 6.49. The van der Waals surface area contributed by atoms with Crippen LogP contribution in [0.15, 0.2) is 0 Å². The van der Waals surface area contributed by atoms with Crippen molar-refractivity contribution in [2.24, 2.45) is 11.8 Å². The molecule has 4 nitrogen and oxygen atoms in total. The van der Waals surface area contributed by atoms with Gasteiger partial charge in [0, 0.05) is 19.0 Å². The SMILES string of the molecule is CCC(C)CN(C)C(C)CC(=O)NN. The van der Waals surface area contributed by atoms with Crippen LogP contribution in [0.1, 0.15) is 33.6 Å². The number of nitrogens with one attached hydrogen (secondary N) is 1. The molecule has 0 aromatic rings. The monoisotopic (exact) mass is 201 g/mol. The van der Waals surface area contributed by atoms with Crippen LogP contribution < -0.4 is 11.3 Å². The highest BCUT2D eigenvalue weighted by atomic mass is 16.2. The standard InChI is InChI=1S/C10H23N3O/c1-5-8(2)7-13(4)9(3)6-10(14)12-11/h8-9H,5-7,11H2,1-4H3,(H,12,14). The molecule has 0 fully saturated rings. The van der Waals surface area contributed by atoms with Crippen LogP contribution in [0.25, 0.3) is 0 Å². The van der Waals surface area contributed by atoms with E-state index in [0.717, 1.165) is 6.54 Å². The summed E-state index contributed by atoms with van der Waals surface area (Å²) in [5.41, 5.74) is 2.15. The second-order valence-corrected chi connectivity index (χ2v) is 4.07. The zero-order valence-corrected chi connectivity index (χ0v) is 9.71. The lowest BCUT2D eigenvalue weighted by molar-refractivity contribution is -0.122. The number of nitrogens with zero attached hydrogens (tertiary/aromatic N) is 1. The molecule has 0 aromatic heterocycles. The quantitative estimate of drug-likeness (QED) is 0.378. The first kappa shape index (κ1) is 13.4. The summed E-state index contributed by atoms with van der Waals surface area (Å²) in [6, 6.07) is 0.243. The maximum Gasteiger partial charge on any atom is 0.235 e. The van der Waals surface area contributed by atoms with Crippen molar-refractivity contribution in [3.8, 4) is 0 Å². The molecule has 0 saturated carbocycles. The number of carbonyl (C=O) groups excluding carboxylic acids is 1. The molecule has 0 aromatic carbocycles. The highest BCUT2D eigenvalue weighted by molar-refractivity contribution is 5.75. The summed E-state index contributed by atoms with van der Waals surface area (Å²) in [5, 5.41) is 0. The molecule has 0 rings (SSSR count). The summed E-state index contributed by atoms with van der Waals surface area (Å²) in [4.78, 5) is 13.2. The Hall–Kier alpha value is -0.610. The minimum absolute atomic E-state index is 0.103. The van der Waals surface area contributed by atoms with Crippen molar-refractivity contribution >= 4 is 5.91 Å². The summed E-state index contributed by atoms with van der Waals surface area (Å²) in [6.45, 7) is 7.45. The van der Waals surface area contributed by atoms with Crippen LogP contribution in [0.2, 0.25) is 0 Å². The van der Waals surface area contributed by atoms with Gasteiger partial charge in [0.2, 0.25) is 5.91 Å². The predicted molar refractivity (Wildman–Crippen MR) is 58.5 cm³/mol. The minimum Gasteiger partial charge on any atom is -0.303 e.